The van der Waals surface area contributed by atoms with Crippen molar-refractivity contribution in [1.82, 2.24) is 9.78 Å². The Hall–Kier alpha value is -2.64. The highest BCUT2D eigenvalue weighted by atomic mass is 35.5. The third-order valence-electron chi connectivity index (χ3n) is 4.95. The summed E-state index contributed by atoms with van der Waals surface area (Å²) < 4.78 is 26.2. The standard InChI is InChI=1S/C20H18ClN3O3S/c1-24-18(13-17(23-24)14-5-3-2-4-6-14)22-19(25)20(11-12-20)28(26,27)16-9-7-15(21)8-10-16/h2-10,13H,11-12H2,1H3,(H,22,25). The quantitative estimate of drug-likeness (QED) is 0.689. The molecule has 0 radical (unpaired) electrons. The highest BCUT2D eigenvalue weighted by Gasteiger charge is 2.61. The van der Waals surface area contributed by atoms with E-state index in [1.54, 1.807) is 13.1 Å². The molecule has 28 heavy (non-hydrogen) atoms. The van der Waals surface area contributed by atoms with E-state index in [-0.39, 0.29) is 17.7 Å². The summed E-state index contributed by atoms with van der Waals surface area (Å²) in [6.07, 6.45) is 0.570. The summed E-state index contributed by atoms with van der Waals surface area (Å²) in [6.45, 7) is 0. The summed E-state index contributed by atoms with van der Waals surface area (Å²) in [5.41, 5.74) is 1.61. The minimum atomic E-state index is -3.82. The number of hydrogen-bond donors (Lipinski definition) is 1. The number of carbonyl (C=O) groups is 1. The Morgan fingerprint density at radius 1 is 1.11 bits per heavy atom. The molecule has 0 bridgehead atoms. The largest absolute Gasteiger partial charge is 0.310 e. The van der Waals surface area contributed by atoms with Gasteiger partial charge in [-0.2, -0.15) is 5.10 Å². The lowest BCUT2D eigenvalue weighted by molar-refractivity contribution is -0.116. The van der Waals surface area contributed by atoms with E-state index in [4.69, 9.17) is 11.6 Å². The van der Waals surface area contributed by atoms with Crippen LogP contribution in [0.4, 0.5) is 5.82 Å². The van der Waals surface area contributed by atoms with Crippen LogP contribution < -0.4 is 5.32 Å². The molecule has 1 aliphatic rings. The molecule has 1 aliphatic carbocycles. The molecule has 1 aromatic heterocycles. The van der Waals surface area contributed by atoms with Crippen LogP contribution in [0.1, 0.15) is 12.8 Å². The van der Waals surface area contributed by atoms with E-state index >= 15 is 0 Å². The van der Waals surface area contributed by atoms with Gasteiger partial charge in [0.25, 0.3) is 0 Å². The molecule has 4 rings (SSSR count). The molecule has 0 aliphatic heterocycles. The van der Waals surface area contributed by atoms with E-state index in [0.717, 1.165) is 5.56 Å². The minimum Gasteiger partial charge on any atom is -0.310 e. The van der Waals surface area contributed by atoms with Gasteiger partial charge in [-0.15, -0.1) is 0 Å². The maximum atomic E-state index is 13.0. The van der Waals surface area contributed by atoms with Crippen LogP contribution in [0.2, 0.25) is 5.02 Å². The average molecular weight is 416 g/mol. The van der Waals surface area contributed by atoms with E-state index < -0.39 is 20.5 Å². The van der Waals surface area contributed by atoms with Crippen LogP contribution >= 0.6 is 11.6 Å². The molecule has 2 aromatic carbocycles. The number of anilines is 1. The van der Waals surface area contributed by atoms with Gasteiger partial charge in [-0.1, -0.05) is 41.9 Å². The van der Waals surface area contributed by atoms with Crippen molar-refractivity contribution in [2.24, 2.45) is 7.05 Å². The second-order valence-corrected chi connectivity index (χ2v) is 9.51. The Labute approximate surface area is 168 Å². The van der Waals surface area contributed by atoms with Crippen molar-refractivity contribution in [2.75, 3.05) is 5.32 Å². The first-order chi connectivity index (χ1) is 13.3. The first-order valence-corrected chi connectivity index (χ1v) is 10.6. The number of sulfone groups is 1. The summed E-state index contributed by atoms with van der Waals surface area (Å²) >= 11 is 5.85. The van der Waals surface area contributed by atoms with Crippen molar-refractivity contribution in [3.8, 4) is 11.3 Å². The number of rotatable bonds is 5. The molecule has 1 fully saturated rings. The zero-order valence-corrected chi connectivity index (χ0v) is 16.7. The van der Waals surface area contributed by atoms with Crippen LogP contribution in [0, 0.1) is 0 Å². The Balaban J connectivity index is 1.60. The predicted octanol–water partition coefficient (Wildman–Crippen LogP) is 3.69. The van der Waals surface area contributed by atoms with Crippen molar-refractivity contribution in [2.45, 2.75) is 22.5 Å². The number of hydrogen-bond acceptors (Lipinski definition) is 4. The zero-order valence-electron chi connectivity index (χ0n) is 15.1. The SMILES string of the molecule is Cn1nc(-c2ccccc2)cc1NC(=O)C1(S(=O)(=O)c2ccc(Cl)cc2)CC1. The van der Waals surface area contributed by atoms with Crippen LogP contribution in [0.15, 0.2) is 65.6 Å². The molecule has 8 heteroatoms. The fraction of sp³-hybridized carbons (Fsp3) is 0.200. The molecule has 144 valence electrons. The summed E-state index contributed by atoms with van der Waals surface area (Å²) in [4.78, 5) is 13.0. The van der Waals surface area contributed by atoms with Gasteiger partial charge in [0, 0.05) is 23.7 Å². The van der Waals surface area contributed by atoms with Gasteiger partial charge < -0.3 is 5.32 Å². The third kappa shape index (κ3) is 3.10. The second-order valence-electron chi connectivity index (χ2n) is 6.81. The van der Waals surface area contributed by atoms with Gasteiger partial charge in [0.05, 0.1) is 10.6 Å². The van der Waals surface area contributed by atoms with Crippen molar-refractivity contribution < 1.29 is 13.2 Å². The molecule has 3 aromatic rings. The van der Waals surface area contributed by atoms with Gasteiger partial charge in [-0.3, -0.25) is 9.48 Å². The average Bonchev–Trinajstić information content (AvgIpc) is 3.43. The fourth-order valence-electron chi connectivity index (χ4n) is 3.14. The Kier molecular flexibility index (Phi) is 4.51. The predicted molar refractivity (Wildman–Crippen MR) is 108 cm³/mol. The summed E-state index contributed by atoms with van der Waals surface area (Å²) in [5, 5.41) is 7.59. The molecular formula is C20H18ClN3O3S. The highest BCUT2D eigenvalue weighted by molar-refractivity contribution is 7.94. The minimum absolute atomic E-state index is 0.0968. The number of aromatic nitrogens is 2. The van der Waals surface area contributed by atoms with Gasteiger partial charge >= 0.3 is 0 Å². The number of benzene rings is 2. The normalized spacial score (nSPS) is 15.2. The first-order valence-electron chi connectivity index (χ1n) is 8.75. The van der Waals surface area contributed by atoms with E-state index in [2.05, 4.69) is 10.4 Å². The summed E-state index contributed by atoms with van der Waals surface area (Å²) in [5.74, 6) is -0.0912. The number of halogens is 1. The van der Waals surface area contributed by atoms with E-state index in [0.29, 0.717) is 16.5 Å². The van der Waals surface area contributed by atoms with Crippen molar-refractivity contribution in [3.63, 3.8) is 0 Å². The Bertz CT molecular complexity index is 1140. The number of amides is 1. The molecule has 0 unspecified atom stereocenters. The molecule has 1 N–H and O–H groups in total. The van der Waals surface area contributed by atoms with Crippen molar-refractivity contribution in [3.05, 3.63) is 65.7 Å². The van der Waals surface area contributed by atoms with Crippen LogP contribution in [0.5, 0.6) is 0 Å². The van der Waals surface area contributed by atoms with Gasteiger partial charge in [0.2, 0.25) is 5.91 Å². The van der Waals surface area contributed by atoms with Crippen molar-refractivity contribution >= 4 is 33.2 Å². The zero-order chi connectivity index (χ0) is 19.9. The molecule has 0 spiro atoms. The molecule has 1 amide bonds. The Morgan fingerprint density at radius 2 is 1.75 bits per heavy atom. The van der Waals surface area contributed by atoms with E-state index in [1.807, 2.05) is 30.3 Å². The molecule has 1 saturated carbocycles. The van der Waals surface area contributed by atoms with Gasteiger partial charge in [-0.05, 0) is 37.1 Å². The smallest absolute Gasteiger partial charge is 0.247 e. The van der Waals surface area contributed by atoms with E-state index in [9.17, 15) is 13.2 Å². The van der Waals surface area contributed by atoms with Gasteiger partial charge in [-0.25, -0.2) is 8.42 Å². The molecule has 0 atom stereocenters. The number of aryl methyl sites for hydroxylation is 1. The van der Waals surface area contributed by atoms with Crippen molar-refractivity contribution in [1.29, 1.82) is 0 Å². The highest BCUT2D eigenvalue weighted by Crippen LogP contribution is 2.47. The van der Waals surface area contributed by atoms with E-state index in [1.165, 1.54) is 28.9 Å². The lowest BCUT2D eigenvalue weighted by Crippen LogP contribution is -2.37. The van der Waals surface area contributed by atoms with Crippen LogP contribution in [-0.4, -0.2) is 28.9 Å². The topological polar surface area (TPSA) is 81.1 Å². The number of nitrogens with zero attached hydrogens (tertiary/aromatic N) is 2. The maximum absolute atomic E-state index is 13.0. The van der Waals surface area contributed by atoms with Gasteiger partial charge in [0.15, 0.2) is 14.6 Å². The van der Waals surface area contributed by atoms with Crippen LogP contribution in [-0.2, 0) is 21.7 Å². The molecule has 0 saturated heterocycles. The van der Waals surface area contributed by atoms with Crippen LogP contribution in [0.3, 0.4) is 0 Å². The fourth-order valence-corrected chi connectivity index (χ4v) is 5.14. The molecular weight excluding hydrogens is 398 g/mol. The van der Waals surface area contributed by atoms with Gasteiger partial charge in [0.1, 0.15) is 5.82 Å². The molecule has 1 heterocycles. The first kappa shape index (κ1) is 18.7. The monoisotopic (exact) mass is 415 g/mol. The summed E-state index contributed by atoms with van der Waals surface area (Å²) in [7, 11) is -2.12. The Morgan fingerprint density at radius 3 is 2.36 bits per heavy atom. The maximum Gasteiger partial charge on any atom is 0.247 e. The lowest BCUT2D eigenvalue weighted by Gasteiger charge is -2.16. The second kappa shape index (κ2) is 6.76. The molecule has 6 nitrogen and oxygen atoms in total. The number of carbonyl (C=O) groups excluding carboxylic acids is 1. The lowest BCUT2D eigenvalue weighted by atomic mass is 10.1. The third-order valence-corrected chi connectivity index (χ3v) is 7.71. The number of nitrogens with one attached hydrogen (secondary N) is 1. The summed E-state index contributed by atoms with van der Waals surface area (Å²) in [6, 6.07) is 17.2. The van der Waals surface area contributed by atoms with Crippen LogP contribution in [0.25, 0.3) is 11.3 Å².